The third-order valence-electron chi connectivity index (χ3n) is 2.00. The van der Waals surface area contributed by atoms with Crippen LogP contribution in [0.25, 0.3) is 0 Å². The van der Waals surface area contributed by atoms with Crippen LogP contribution in [0.4, 0.5) is 5.69 Å². The Balaban J connectivity index is 3.27. The maximum atomic E-state index is 10.7. The molecule has 0 bridgehead atoms. The van der Waals surface area contributed by atoms with Gasteiger partial charge < -0.3 is 15.6 Å². The topological polar surface area (TPSA) is 95.6 Å². The summed E-state index contributed by atoms with van der Waals surface area (Å²) in [5.41, 5.74) is 3.40. The number of carboxylic acid groups (broad SMARTS) is 1. The Bertz CT molecular complexity index is 348. The predicted octanol–water partition coefficient (Wildman–Crippen LogP) is 0.829. The van der Waals surface area contributed by atoms with E-state index >= 15 is 0 Å². The number of nitrogens with two attached hydrogens (primary N) is 1. The van der Waals surface area contributed by atoms with Gasteiger partial charge in [-0.3, -0.25) is 5.84 Å². The van der Waals surface area contributed by atoms with E-state index in [-0.39, 0.29) is 11.4 Å². The van der Waals surface area contributed by atoms with Gasteiger partial charge in [0.1, 0.15) is 0 Å². The van der Waals surface area contributed by atoms with E-state index in [1.54, 1.807) is 18.2 Å². The first-order valence-electron chi connectivity index (χ1n) is 4.17. The number of carbonyl (C=O) groups is 1. The minimum Gasteiger partial charge on any atom is -0.479 e. The lowest BCUT2D eigenvalue weighted by molar-refractivity contribution is -0.146. The van der Waals surface area contributed by atoms with Crippen LogP contribution in [0.2, 0.25) is 0 Å². The van der Waals surface area contributed by atoms with E-state index in [2.05, 4.69) is 5.43 Å². The van der Waals surface area contributed by atoms with Gasteiger partial charge in [0.2, 0.25) is 0 Å². The fourth-order valence-corrected chi connectivity index (χ4v) is 1.53. The van der Waals surface area contributed by atoms with Crippen LogP contribution in [0.5, 0.6) is 0 Å². The van der Waals surface area contributed by atoms with Gasteiger partial charge in [0.25, 0.3) is 0 Å². The molecule has 0 radical (unpaired) electrons. The molecule has 1 aromatic carbocycles. The molecule has 1 aromatic rings. The summed E-state index contributed by atoms with van der Waals surface area (Å²) in [6.07, 6.45) is -1.63. The molecule has 5 N–H and O–H groups in total. The van der Waals surface area contributed by atoms with Gasteiger partial charge >= 0.3 is 5.97 Å². The van der Waals surface area contributed by atoms with E-state index in [1.807, 2.05) is 0 Å². The molecule has 1 rings (SSSR count). The van der Waals surface area contributed by atoms with Gasteiger partial charge in [0.05, 0.1) is 5.69 Å². The quantitative estimate of drug-likeness (QED) is 0.349. The van der Waals surface area contributed by atoms with Crippen molar-refractivity contribution in [2.75, 3.05) is 5.43 Å². The molecule has 0 aliphatic heterocycles. The van der Waals surface area contributed by atoms with Crippen molar-refractivity contribution in [1.29, 1.82) is 0 Å². The molecule has 0 aliphatic carbocycles. The highest BCUT2D eigenvalue weighted by Crippen LogP contribution is 2.27. The maximum absolute atomic E-state index is 10.7. The number of nitrogen functional groups attached to an aromatic ring is 1. The molecule has 0 heterocycles. The molecule has 0 saturated heterocycles. The highest BCUT2D eigenvalue weighted by molar-refractivity contribution is 6.17. The Hall–Kier alpha value is -1.30. The average Bonchev–Trinajstić information content (AvgIpc) is 2.26. The number of anilines is 1. The molecule has 1 atom stereocenters. The molecular weight excluding hydrogens is 220 g/mol. The number of halogens is 1. The molecule has 1 unspecified atom stereocenters. The summed E-state index contributed by atoms with van der Waals surface area (Å²) >= 11 is 5.64. The zero-order valence-electron chi connectivity index (χ0n) is 7.77. The SMILES string of the molecule is NNc1cccc(CCl)c1C(O)C(=O)O. The third kappa shape index (κ3) is 2.38. The first kappa shape index (κ1) is 11.8. The smallest absolute Gasteiger partial charge is 0.337 e. The van der Waals surface area contributed by atoms with Crippen LogP contribution in [-0.4, -0.2) is 16.2 Å². The Morgan fingerprint density at radius 2 is 2.27 bits per heavy atom. The van der Waals surface area contributed by atoms with Gasteiger partial charge in [0.15, 0.2) is 6.10 Å². The molecule has 5 nitrogen and oxygen atoms in total. The molecule has 6 heteroatoms. The number of rotatable bonds is 4. The van der Waals surface area contributed by atoms with Gasteiger partial charge in [-0.15, -0.1) is 11.6 Å². The van der Waals surface area contributed by atoms with Gasteiger partial charge in [0, 0.05) is 11.4 Å². The number of carboxylic acids is 1. The molecular formula is C9H11ClN2O3. The van der Waals surface area contributed by atoms with Gasteiger partial charge in [-0.25, -0.2) is 4.79 Å². The molecule has 0 saturated carbocycles. The van der Waals surface area contributed by atoms with Crippen molar-refractivity contribution in [2.24, 2.45) is 5.84 Å². The zero-order chi connectivity index (χ0) is 11.4. The van der Waals surface area contributed by atoms with Crippen molar-refractivity contribution in [2.45, 2.75) is 12.0 Å². The molecule has 0 aliphatic rings. The van der Waals surface area contributed by atoms with Crippen molar-refractivity contribution < 1.29 is 15.0 Å². The summed E-state index contributed by atoms with van der Waals surface area (Å²) in [4.78, 5) is 10.7. The number of aliphatic hydroxyl groups excluding tert-OH is 1. The summed E-state index contributed by atoms with van der Waals surface area (Å²) in [6, 6.07) is 4.87. The number of nitrogens with one attached hydrogen (secondary N) is 1. The fourth-order valence-electron chi connectivity index (χ4n) is 1.30. The van der Waals surface area contributed by atoms with E-state index in [1.165, 1.54) is 0 Å². The van der Waals surface area contributed by atoms with Crippen LogP contribution in [0.1, 0.15) is 17.2 Å². The number of benzene rings is 1. The van der Waals surface area contributed by atoms with Crippen molar-refractivity contribution in [1.82, 2.24) is 0 Å². The lowest BCUT2D eigenvalue weighted by atomic mass is 10.0. The van der Waals surface area contributed by atoms with Crippen molar-refractivity contribution in [3.63, 3.8) is 0 Å². The average molecular weight is 231 g/mol. The van der Waals surface area contributed by atoms with Crippen molar-refractivity contribution >= 4 is 23.3 Å². The first-order chi connectivity index (χ1) is 7.11. The van der Waals surface area contributed by atoms with Crippen LogP contribution < -0.4 is 11.3 Å². The summed E-state index contributed by atoms with van der Waals surface area (Å²) in [6.45, 7) is 0. The standard InChI is InChI=1S/C9H11ClN2O3/c10-4-5-2-1-3-6(12-11)7(5)8(13)9(14)15/h1-3,8,12-13H,4,11H2,(H,14,15). The van der Waals surface area contributed by atoms with E-state index in [4.69, 9.17) is 22.6 Å². The Labute approximate surface area is 91.4 Å². The monoisotopic (exact) mass is 230 g/mol. The Kier molecular flexibility index (Phi) is 3.90. The number of aliphatic carboxylic acids is 1. The number of aliphatic hydroxyl groups is 1. The highest BCUT2D eigenvalue weighted by atomic mass is 35.5. The van der Waals surface area contributed by atoms with E-state index < -0.39 is 12.1 Å². The molecule has 0 aromatic heterocycles. The molecule has 15 heavy (non-hydrogen) atoms. The summed E-state index contributed by atoms with van der Waals surface area (Å²) in [5, 5.41) is 18.2. The summed E-state index contributed by atoms with van der Waals surface area (Å²) in [5.74, 6) is 3.98. The lowest BCUT2D eigenvalue weighted by Gasteiger charge is -2.15. The van der Waals surface area contributed by atoms with E-state index in [9.17, 15) is 9.90 Å². The van der Waals surface area contributed by atoms with Crippen molar-refractivity contribution in [3.8, 4) is 0 Å². The Morgan fingerprint density at radius 3 is 2.73 bits per heavy atom. The number of hydrazine groups is 1. The number of hydrogen-bond acceptors (Lipinski definition) is 4. The van der Waals surface area contributed by atoms with Crippen LogP contribution >= 0.6 is 11.6 Å². The van der Waals surface area contributed by atoms with E-state index in [0.29, 0.717) is 11.3 Å². The summed E-state index contributed by atoms with van der Waals surface area (Å²) in [7, 11) is 0. The second-order valence-electron chi connectivity index (χ2n) is 2.90. The first-order valence-corrected chi connectivity index (χ1v) is 4.70. The van der Waals surface area contributed by atoms with Gasteiger partial charge in [-0.1, -0.05) is 12.1 Å². The molecule has 0 spiro atoms. The minimum absolute atomic E-state index is 0.106. The summed E-state index contributed by atoms with van der Waals surface area (Å²) < 4.78 is 0. The van der Waals surface area contributed by atoms with Crippen LogP contribution in [0, 0.1) is 0 Å². The zero-order valence-corrected chi connectivity index (χ0v) is 8.53. The number of alkyl halides is 1. The normalized spacial score (nSPS) is 12.2. The molecule has 0 fully saturated rings. The molecule has 82 valence electrons. The largest absolute Gasteiger partial charge is 0.479 e. The van der Waals surface area contributed by atoms with E-state index in [0.717, 1.165) is 0 Å². The highest BCUT2D eigenvalue weighted by Gasteiger charge is 2.22. The second-order valence-corrected chi connectivity index (χ2v) is 3.16. The second kappa shape index (κ2) is 4.97. The van der Waals surface area contributed by atoms with Gasteiger partial charge in [-0.2, -0.15) is 0 Å². The maximum Gasteiger partial charge on any atom is 0.337 e. The van der Waals surface area contributed by atoms with Crippen LogP contribution in [0.3, 0.4) is 0 Å². The lowest BCUT2D eigenvalue weighted by Crippen LogP contribution is -2.17. The molecule has 0 amide bonds. The van der Waals surface area contributed by atoms with Crippen LogP contribution in [0.15, 0.2) is 18.2 Å². The fraction of sp³-hybridized carbons (Fsp3) is 0.222. The van der Waals surface area contributed by atoms with Crippen LogP contribution in [-0.2, 0) is 10.7 Å². The minimum atomic E-state index is -1.63. The van der Waals surface area contributed by atoms with Gasteiger partial charge in [-0.05, 0) is 11.6 Å². The predicted molar refractivity (Wildman–Crippen MR) is 56.4 cm³/mol. The number of hydrogen-bond donors (Lipinski definition) is 4. The third-order valence-corrected chi connectivity index (χ3v) is 2.29. The Morgan fingerprint density at radius 1 is 1.60 bits per heavy atom. The van der Waals surface area contributed by atoms with Crippen molar-refractivity contribution in [3.05, 3.63) is 29.3 Å².